The van der Waals surface area contributed by atoms with E-state index in [4.69, 9.17) is 4.74 Å². The van der Waals surface area contributed by atoms with Gasteiger partial charge in [0.05, 0.1) is 24.4 Å². The van der Waals surface area contributed by atoms with Gasteiger partial charge in [-0.25, -0.2) is 17.9 Å². The Kier molecular flexibility index (Phi) is 5.47. The van der Waals surface area contributed by atoms with Crippen molar-refractivity contribution in [3.05, 3.63) is 65.6 Å². The van der Waals surface area contributed by atoms with Crippen LogP contribution in [0.1, 0.15) is 18.2 Å². The van der Waals surface area contributed by atoms with Gasteiger partial charge in [0.15, 0.2) is 17.5 Å². The number of hydrogen-bond acceptors (Lipinski definition) is 4. The first-order valence-electron chi connectivity index (χ1n) is 9.30. The molecule has 10 heteroatoms. The lowest BCUT2D eigenvalue weighted by molar-refractivity contribution is -0.125. The van der Waals surface area contributed by atoms with E-state index in [1.54, 1.807) is 0 Å². The minimum atomic E-state index is -1.70. The summed E-state index contributed by atoms with van der Waals surface area (Å²) >= 11 is 0. The molecule has 2 heterocycles. The number of halogens is 3. The van der Waals surface area contributed by atoms with E-state index < -0.39 is 41.0 Å². The number of carbonyl (C=O) groups excluding carboxylic acids is 2. The van der Waals surface area contributed by atoms with Gasteiger partial charge in [0.1, 0.15) is 11.9 Å². The molecule has 1 aliphatic heterocycles. The quantitative estimate of drug-likeness (QED) is 0.606. The predicted molar refractivity (Wildman–Crippen MR) is 106 cm³/mol. The summed E-state index contributed by atoms with van der Waals surface area (Å²) in [7, 11) is 1.49. The molecule has 1 aromatic heterocycles. The van der Waals surface area contributed by atoms with Gasteiger partial charge >= 0.3 is 0 Å². The van der Waals surface area contributed by atoms with Crippen LogP contribution in [-0.4, -0.2) is 28.7 Å². The summed E-state index contributed by atoms with van der Waals surface area (Å²) in [4.78, 5) is 25.2. The molecule has 1 atom stereocenters. The Morgan fingerprint density at radius 3 is 2.65 bits per heavy atom. The lowest BCUT2D eigenvalue weighted by Gasteiger charge is -2.24. The van der Waals surface area contributed by atoms with Crippen molar-refractivity contribution in [1.82, 2.24) is 9.78 Å². The number of rotatable bonds is 5. The number of nitrogens with one attached hydrogen (secondary N) is 2. The van der Waals surface area contributed by atoms with Crippen LogP contribution in [0, 0.1) is 17.5 Å². The first kappa shape index (κ1) is 20.6. The Balaban J connectivity index is 1.75. The first-order valence-corrected chi connectivity index (χ1v) is 9.30. The Bertz CT molecular complexity index is 1160. The van der Waals surface area contributed by atoms with Crippen molar-refractivity contribution in [2.24, 2.45) is 0 Å². The third-order valence-corrected chi connectivity index (χ3v) is 4.85. The molecule has 3 aromatic rings. The van der Waals surface area contributed by atoms with E-state index in [1.807, 2.05) is 30.3 Å². The first-order chi connectivity index (χ1) is 14.9. The van der Waals surface area contributed by atoms with Crippen molar-refractivity contribution in [2.45, 2.75) is 19.1 Å². The highest BCUT2D eigenvalue weighted by Crippen LogP contribution is 2.37. The molecule has 1 aliphatic rings. The van der Waals surface area contributed by atoms with E-state index in [1.165, 1.54) is 11.8 Å². The van der Waals surface area contributed by atoms with Gasteiger partial charge < -0.3 is 15.4 Å². The maximum atomic E-state index is 14.0. The fourth-order valence-corrected chi connectivity index (χ4v) is 3.46. The predicted octanol–water partition coefficient (Wildman–Crippen LogP) is 3.64. The molecule has 0 saturated carbocycles. The van der Waals surface area contributed by atoms with Gasteiger partial charge in [-0.2, -0.15) is 5.10 Å². The second-order valence-electron chi connectivity index (χ2n) is 6.89. The largest absolute Gasteiger partial charge is 0.378 e. The molecule has 2 N–H and O–H groups in total. The van der Waals surface area contributed by atoms with Crippen LogP contribution in [0.2, 0.25) is 0 Å². The number of nitrogens with zero attached hydrogens (tertiary/aromatic N) is 2. The summed E-state index contributed by atoms with van der Waals surface area (Å²) < 4.78 is 47.2. The standard InChI is InChI=1S/C21H17F3N4O3/c1-31-10-14-17(11-5-3-2-4-6-11)20-26-16(29)9-15(28(20)27-14)21(30)25-13-8-7-12(22)18(23)19(13)24/h2-8,15H,9-10H2,1H3,(H,25,30)(H,26,29). The summed E-state index contributed by atoms with van der Waals surface area (Å²) in [5.74, 6) is -5.56. The third-order valence-electron chi connectivity index (χ3n) is 4.85. The normalized spacial score (nSPS) is 15.4. The van der Waals surface area contributed by atoms with Crippen LogP contribution in [0.4, 0.5) is 24.7 Å². The Labute approximate surface area is 174 Å². The average Bonchev–Trinajstić information content (AvgIpc) is 3.12. The van der Waals surface area contributed by atoms with Gasteiger partial charge in [0.2, 0.25) is 11.8 Å². The van der Waals surface area contributed by atoms with E-state index in [2.05, 4.69) is 15.7 Å². The van der Waals surface area contributed by atoms with Crippen molar-refractivity contribution >= 4 is 23.3 Å². The van der Waals surface area contributed by atoms with Crippen LogP contribution >= 0.6 is 0 Å². The molecule has 160 valence electrons. The molecule has 0 aliphatic carbocycles. The second-order valence-corrected chi connectivity index (χ2v) is 6.89. The number of amides is 2. The van der Waals surface area contributed by atoms with E-state index in [9.17, 15) is 22.8 Å². The summed E-state index contributed by atoms with van der Waals surface area (Å²) in [5.41, 5.74) is 1.29. The molecule has 0 spiro atoms. The van der Waals surface area contributed by atoms with Crippen molar-refractivity contribution < 1.29 is 27.5 Å². The number of ether oxygens (including phenoxy) is 1. The van der Waals surface area contributed by atoms with E-state index in [0.29, 0.717) is 23.1 Å². The lowest BCUT2D eigenvalue weighted by atomic mass is 10.0. The molecule has 0 bridgehead atoms. The zero-order valence-electron chi connectivity index (χ0n) is 16.3. The smallest absolute Gasteiger partial charge is 0.249 e. The number of carbonyl (C=O) groups is 2. The van der Waals surface area contributed by atoms with Gasteiger partial charge in [0, 0.05) is 12.7 Å². The molecule has 2 aromatic carbocycles. The average molecular weight is 430 g/mol. The zero-order chi connectivity index (χ0) is 22.1. The molecule has 0 saturated heterocycles. The second kappa shape index (κ2) is 8.23. The highest BCUT2D eigenvalue weighted by Gasteiger charge is 2.35. The maximum absolute atomic E-state index is 14.0. The summed E-state index contributed by atoms with van der Waals surface area (Å²) in [5, 5.41) is 9.38. The molecular weight excluding hydrogens is 413 g/mol. The Morgan fingerprint density at radius 2 is 1.94 bits per heavy atom. The number of benzene rings is 2. The monoisotopic (exact) mass is 430 g/mol. The van der Waals surface area contributed by atoms with Crippen molar-refractivity contribution in [3.63, 3.8) is 0 Å². The van der Waals surface area contributed by atoms with E-state index in [0.717, 1.165) is 11.6 Å². The minimum Gasteiger partial charge on any atom is -0.378 e. The zero-order valence-corrected chi connectivity index (χ0v) is 16.3. The fourth-order valence-electron chi connectivity index (χ4n) is 3.46. The molecule has 2 amide bonds. The van der Waals surface area contributed by atoms with Crippen LogP contribution in [0.5, 0.6) is 0 Å². The lowest BCUT2D eigenvalue weighted by Crippen LogP contribution is -2.36. The third kappa shape index (κ3) is 3.77. The number of anilines is 2. The molecule has 0 fully saturated rings. The summed E-state index contributed by atoms with van der Waals surface area (Å²) in [6.07, 6.45) is -0.271. The molecule has 7 nitrogen and oxygen atoms in total. The minimum absolute atomic E-state index is 0.117. The molecule has 4 rings (SSSR count). The number of aromatic nitrogens is 2. The van der Waals surface area contributed by atoms with E-state index in [-0.39, 0.29) is 13.0 Å². The Hall–Kier alpha value is -3.66. The van der Waals surface area contributed by atoms with Crippen LogP contribution in [-0.2, 0) is 20.9 Å². The van der Waals surface area contributed by atoms with Crippen LogP contribution < -0.4 is 10.6 Å². The highest BCUT2D eigenvalue weighted by atomic mass is 19.2. The van der Waals surface area contributed by atoms with Crippen molar-refractivity contribution in [2.75, 3.05) is 17.7 Å². The van der Waals surface area contributed by atoms with Gasteiger partial charge in [-0.05, 0) is 17.7 Å². The van der Waals surface area contributed by atoms with Crippen LogP contribution in [0.15, 0.2) is 42.5 Å². The van der Waals surface area contributed by atoms with Gasteiger partial charge in [-0.3, -0.25) is 9.59 Å². The van der Waals surface area contributed by atoms with Gasteiger partial charge in [-0.1, -0.05) is 30.3 Å². The molecule has 1 unspecified atom stereocenters. The van der Waals surface area contributed by atoms with Crippen LogP contribution in [0.3, 0.4) is 0 Å². The van der Waals surface area contributed by atoms with Crippen LogP contribution in [0.25, 0.3) is 11.1 Å². The van der Waals surface area contributed by atoms with Gasteiger partial charge in [-0.15, -0.1) is 0 Å². The molecule has 31 heavy (non-hydrogen) atoms. The number of fused-ring (bicyclic) bond motifs is 1. The van der Waals surface area contributed by atoms with E-state index >= 15 is 0 Å². The molecular formula is C21H17F3N4O3. The number of methoxy groups -OCH3 is 1. The maximum Gasteiger partial charge on any atom is 0.249 e. The number of hydrogen-bond donors (Lipinski definition) is 2. The van der Waals surface area contributed by atoms with Crippen molar-refractivity contribution in [1.29, 1.82) is 0 Å². The van der Waals surface area contributed by atoms with Crippen molar-refractivity contribution in [3.8, 4) is 11.1 Å². The molecule has 0 radical (unpaired) electrons. The van der Waals surface area contributed by atoms with Gasteiger partial charge in [0.25, 0.3) is 0 Å². The fraction of sp³-hybridized carbons (Fsp3) is 0.190. The Morgan fingerprint density at radius 1 is 1.19 bits per heavy atom. The SMILES string of the molecule is COCc1nn2c(c1-c1ccccc1)NC(=O)CC2C(=O)Nc1ccc(F)c(F)c1F. The highest BCUT2D eigenvalue weighted by molar-refractivity contribution is 6.03. The topological polar surface area (TPSA) is 85.2 Å². The summed E-state index contributed by atoms with van der Waals surface area (Å²) in [6, 6.07) is 9.58. The summed E-state index contributed by atoms with van der Waals surface area (Å²) in [6.45, 7) is 0.117.